The van der Waals surface area contributed by atoms with Crippen LogP contribution in [0, 0.1) is 0 Å². The summed E-state index contributed by atoms with van der Waals surface area (Å²) in [5, 5.41) is 36.2. The molecule has 1 fully saturated rings. The standard InChI is InChI=1S/C13H22N4O7/c18-5-8(17-12(22)7-2-1-3-14-7)11(21)15-4-10(20)16-9(6-19)13(23)24/h7-9,14,18-19H,1-6H2,(H,15,21)(H,16,20)(H,17,22)(H,23,24). The maximum atomic E-state index is 11.9. The van der Waals surface area contributed by atoms with Crippen molar-refractivity contribution in [3.8, 4) is 0 Å². The predicted octanol–water partition coefficient (Wildman–Crippen LogP) is -4.11. The fourth-order valence-electron chi connectivity index (χ4n) is 2.10. The number of rotatable bonds is 9. The average Bonchev–Trinajstić information content (AvgIpc) is 3.09. The van der Waals surface area contributed by atoms with Gasteiger partial charge >= 0.3 is 5.97 Å². The zero-order chi connectivity index (χ0) is 18.1. The predicted molar refractivity (Wildman–Crippen MR) is 79.7 cm³/mol. The molecule has 1 heterocycles. The number of aliphatic hydroxyl groups is 2. The highest BCUT2D eigenvalue weighted by atomic mass is 16.4. The number of carbonyl (C=O) groups excluding carboxylic acids is 3. The molecule has 3 unspecified atom stereocenters. The number of hydrogen-bond donors (Lipinski definition) is 7. The Morgan fingerprint density at radius 1 is 1.08 bits per heavy atom. The van der Waals surface area contributed by atoms with Crippen molar-refractivity contribution in [1.82, 2.24) is 21.3 Å². The molecule has 1 aliphatic heterocycles. The van der Waals surface area contributed by atoms with Crippen molar-refractivity contribution in [3.05, 3.63) is 0 Å². The normalized spacial score (nSPS) is 19.2. The van der Waals surface area contributed by atoms with E-state index in [1.165, 1.54) is 0 Å². The Hall–Kier alpha value is -2.24. The van der Waals surface area contributed by atoms with Crippen LogP contribution in [0.1, 0.15) is 12.8 Å². The molecular weight excluding hydrogens is 324 g/mol. The Morgan fingerprint density at radius 3 is 2.25 bits per heavy atom. The van der Waals surface area contributed by atoms with E-state index in [4.69, 9.17) is 10.2 Å². The number of aliphatic carboxylic acids is 1. The summed E-state index contributed by atoms with van der Waals surface area (Å²) in [7, 11) is 0. The summed E-state index contributed by atoms with van der Waals surface area (Å²) >= 11 is 0. The second kappa shape index (κ2) is 9.80. The lowest BCUT2D eigenvalue weighted by molar-refractivity contribution is -0.142. The van der Waals surface area contributed by atoms with Crippen molar-refractivity contribution in [2.75, 3.05) is 26.3 Å². The fraction of sp³-hybridized carbons (Fsp3) is 0.692. The topological polar surface area (TPSA) is 177 Å². The van der Waals surface area contributed by atoms with Crippen molar-refractivity contribution in [2.24, 2.45) is 0 Å². The molecule has 11 heteroatoms. The molecule has 0 radical (unpaired) electrons. The van der Waals surface area contributed by atoms with Crippen LogP contribution in [0.2, 0.25) is 0 Å². The second-order valence-electron chi connectivity index (χ2n) is 5.25. The lowest BCUT2D eigenvalue weighted by Gasteiger charge is -2.19. The number of carbonyl (C=O) groups is 4. The molecule has 0 aromatic heterocycles. The summed E-state index contributed by atoms with van der Waals surface area (Å²) in [4.78, 5) is 45.9. The van der Waals surface area contributed by atoms with E-state index in [1.807, 2.05) is 5.32 Å². The van der Waals surface area contributed by atoms with Gasteiger partial charge in [-0.15, -0.1) is 0 Å². The average molecular weight is 346 g/mol. The lowest BCUT2D eigenvalue weighted by Crippen LogP contribution is -2.54. The summed E-state index contributed by atoms with van der Waals surface area (Å²) in [6.07, 6.45) is 1.47. The van der Waals surface area contributed by atoms with Crippen molar-refractivity contribution in [2.45, 2.75) is 31.0 Å². The number of amides is 3. The minimum atomic E-state index is -1.48. The molecule has 0 spiro atoms. The molecule has 0 aromatic carbocycles. The summed E-state index contributed by atoms with van der Waals surface area (Å²) in [5.74, 6) is -3.45. The summed E-state index contributed by atoms with van der Waals surface area (Å²) in [5.41, 5.74) is 0. The van der Waals surface area contributed by atoms with Crippen molar-refractivity contribution < 1.29 is 34.5 Å². The molecule has 11 nitrogen and oxygen atoms in total. The Kier molecular flexibility index (Phi) is 8.09. The molecule has 1 aliphatic rings. The summed E-state index contributed by atoms with van der Waals surface area (Å²) in [6.45, 7) is -1.31. The SMILES string of the molecule is O=C(CNC(=O)C(CO)NC(=O)C1CCCN1)NC(CO)C(=O)O. The van der Waals surface area contributed by atoms with Crippen LogP contribution < -0.4 is 21.3 Å². The zero-order valence-corrected chi connectivity index (χ0v) is 12.9. The van der Waals surface area contributed by atoms with Crippen LogP contribution in [0.15, 0.2) is 0 Å². The maximum Gasteiger partial charge on any atom is 0.328 e. The van der Waals surface area contributed by atoms with Gasteiger partial charge < -0.3 is 36.6 Å². The number of aliphatic hydroxyl groups excluding tert-OH is 2. The third kappa shape index (κ3) is 6.10. The number of nitrogens with one attached hydrogen (secondary N) is 4. The van der Waals surface area contributed by atoms with Gasteiger partial charge in [0.2, 0.25) is 17.7 Å². The fourth-order valence-corrected chi connectivity index (χ4v) is 2.10. The highest BCUT2D eigenvalue weighted by Gasteiger charge is 2.27. The van der Waals surface area contributed by atoms with E-state index >= 15 is 0 Å². The first-order valence-electron chi connectivity index (χ1n) is 7.44. The van der Waals surface area contributed by atoms with Crippen LogP contribution in [0.5, 0.6) is 0 Å². The quantitative estimate of drug-likeness (QED) is 0.220. The molecule has 0 saturated carbocycles. The molecule has 1 rings (SSSR count). The third-order valence-electron chi connectivity index (χ3n) is 3.43. The minimum Gasteiger partial charge on any atom is -0.480 e. The highest BCUT2D eigenvalue weighted by Crippen LogP contribution is 2.04. The van der Waals surface area contributed by atoms with Gasteiger partial charge in [-0.2, -0.15) is 0 Å². The van der Waals surface area contributed by atoms with E-state index in [9.17, 15) is 24.3 Å². The maximum absolute atomic E-state index is 11.9. The third-order valence-corrected chi connectivity index (χ3v) is 3.43. The monoisotopic (exact) mass is 346 g/mol. The first-order chi connectivity index (χ1) is 11.4. The highest BCUT2D eigenvalue weighted by molar-refractivity contribution is 5.92. The van der Waals surface area contributed by atoms with Crippen molar-refractivity contribution in [1.29, 1.82) is 0 Å². The molecule has 136 valence electrons. The van der Waals surface area contributed by atoms with E-state index in [2.05, 4.69) is 16.0 Å². The Labute approximate surface area is 137 Å². The largest absolute Gasteiger partial charge is 0.480 e. The molecule has 3 amide bonds. The smallest absolute Gasteiger partial charge is 0.328 e. The van der Waals surface area contributed by atoms with Gasteiger partial charge in [-0.3, -0.25) is 14.4 Å². The van der Waals surface area contributed by atoms with E-state index in [0.717, 1.165) is 6.42 Å². The van der Waals surface area contributed by atoms with Crippen LogP contribution in [0.3, 0.4) is 0 Å². The number of carboxylic acid groups (broad SMARTS) is 1. The van der Waals surface area contributed by atoms with Crippen LogP contribution in [0.25, 0.3) is 0 Å². The van der Waals surface area contributed by atoms with Gasteiger partial charge in [0.1, 0.15) is 12.1 Å². The van der Waals surface area contributed by atoms with Gasteiger partial charge in [-0.05, 0) is 19.4 Å². The van der Waals surface area contributed by atoms with Crippen molar-refractivity contribution >= 4 is 23.7 Å². The Morgan fingerprint density at radius 2 is 1.75 bits per heavy atom. The molecule has 0 aromatic rings. The van der Waals surface area contributed by atoms with E-state index in [-0.39, 0.29) is 0 Å². The van der Waals surface area contributed by atoms with Crippen LogP contribution in [0.4, 0.5) is 0 Å². The molecule has 3 atom stereocenters. The van der Waals surface area contributed by atoms with Crippen molar-refractivity contribution in [3.63, 3.8) is 0 Å². The summed E-state index contributed by atoms with van der Waals surface area (Å²) in [6, 6.07) is -3.12. The van der Waals surface area contributed by atoms with E-state index in [0.29, 0.717) is 13.0 Å². The molecule has 0 aliphatic carbocycles. The summed E-state index contributed by atoms with van der Waals surface area (Å²) < 4.78 is 0. The molecule has 7 N–H and O–H groups in total. The number of hydrogen-bond acceptors (Lipinski definition) is 7. The zero-order valence-electron chi connectivity index (χ0n) is 12.9. The van der Waals surface area contributed by atoms with Gasteiger partial charge in [0.25, 0.3) is 0 Å². The lowest BCUT2D eigenvalue weighted by atomic mass is 10.2. The molecular formula is C13H22N4O7. The van der Waals surface area contributed by atoms with E-state index in [1.54, 1.807) is 0 Å². The van der Waals surface area contributed by atoms with Gasteiger partial charge in [0, 0.05) is 0 Å². The molecule has 24 heavy (non-hydrogen) atoms. The van der Waals surface area contributed by atoms with Gasteiger partial charge in [-0.1, -0.05) is 0 Å². The van der Waals surface area contributed by atoms with Crippen LogP contribution in [-0.2, 0) is 19.2 Å². The molecule has 1 saturated heterocycles. The Bertz CT molecular complexity index is 479. The first-order valence-corrected chi connectivity index (χ1v) is 7.44. The number of carboxylic acids is 1. The second-order valence-corrected chi connectivity index (χ2v) is 5.25. The first kappa shape index (κ1) is 19.8. The van der Waals surface area contributed by atoms with Crippen LogP contribution in [-0.4, -0.2) is 83.4 Å². The van der Waals surface area contributed by atoms with Gasteiger partial charge in [0.05, 0.1) is 25.8 Å². The van der Waals surface area contributed by atoms with Gasteiger partial charge in [-0.25, -0.2) is 4.79 Å². The Balaban J connectivity index is 2.41. The van der Waals surface area contributed by atoms with E-state index < -0.39 is 61.6 Å². The van der Waals surface area contributed by atoms with Crippen LogP contribution >= 0.6 is 0 Å². The van der Waals surface area contributed by atoms with Gasteiger partial charge in [0.15, 0.2) is 0 Å². The molecule has 0 bridgehead atoms. The minimum absolute atomic E-state index is 0.419.